The molecule has 3 nitrogen and oxygen atoms in total. The van der Waals surface area contributed by atoms with Crippen LogP contribution in [0.1, 0.15) is 19.4 Å². The van der Waals surface area contributed by atoms with E-state index in [-0.39, 0.29) is 11.9 Å². The van der Waals surface area contributed by atoms with Gasteiger partial charge < -0.3 is 10.1 Å². The van der Waals surface area contributed by atoms with Crippen LogP contribution in [-0.2, 0) is 16.0 Å². The van der Waals surface area contributed by atoms with Gasteiger partial charge in [-0.05, 0) is 18.9 Å². The molecule has 0 aliphatic heterocycles. The summed E-state index contributed by atoms with van der Waals surface area (Å²) in [7, 11) is 1.42. The molecule has 1 N–H and O–H groups in total. The SMILES string of the molecule is COC(=O)C(C)CNC(C)Cc1ccccc1. The minimum Gasteiger partial charge on any atom is -0.469 e. The first kappa shape index (κ1) is 13.7. The van der Waals surface area contributed by atoms with E-state index in [0.29, 0.717) is 12.6 Å². The van der Waals surface area contributed by atoms with Crippen LogP contribution in [0.5, 0.6) is 0 Å². The summed E-state index contributed by atoms with van der Waals surface area (Å²) in [6, 6.07) is 10.7. The summed E-state index contributed by atoms with van der Waals surface area (Å²) < 4.78 is 4.68. The van der Waals surface area contributed by atoms with Crippen LogP contribution in [0.3, 0.4) is 0 Å². The first-order chi connectivity index (χ1) is 8.13. The average molecular weight is 235 g/mol. The van der Waals surface area contributed by atoms with E-state index in [4.69, 9.17) is 0 Å². The zero-order chi connectivity index (χ0) is 12.7. The molecule has 1 aromatic carbocycles. The van der Waals surface area contributed by atoms with Gasteiger partial charge in [0.1, 0.15) is 0 Å². The van der Waals surface area contributed by atoms with Gasteiger partial charge in [0.15, 0.2) is 0 Å². The highest BCUT2D eigenvalue weighted by Crippen LogP contribution is 2.03. The van der Waals surface area contributed by atoms with Gasteiger partial charge in [0.25, 0.3) is 0 Å². The molecule has 2 atom stereocenters. The predicted octanol–water partition coefficient (Wildman–Crippen LogP) is 2.02. The van der Waals surface area contributed by atoms with Gasteiger partial charge in [-0.2, -0.15) is 0 Å². The summed E-state index contributed by atoms with van der Waals surface area (Å²) in [6.07, 6.45) is 0.967. The highest BCUT2D eigenvalue weighted by atomic mass is 16.5. The molecule has 0 aliphatic carbocycles. The molecule has 1 aromatic rings. The van der Waals surface area contributed by atoms with E-state index in [2.05, 4.69) is 29.1 Å². The summed E-state index contributed by atoms with van der Waals surface area (Å²) in [5.41, 5.74) is 1.30. The Bertz CT molecular complexity index is 337. The Labute approximate surface area is 103 Å². The van der Waals surface area contributed by atoms with E-state index >= 15 is 0 Å². The average Bonchev–Trinajstić information content (AvgIpc) is 2.36. The van der Waals surface area contributed by atoms with E-state index in [9.17, 15) is 4.79 Å². The van der Waals surface area contributed by atoms with Crippen LogP contribution in [0.4, 0.5) is 0 Å². The van der Waals surface area contributed by atoms with Crippen molar-refractivity contribution in [2.45, 2.75) is 26.3 Å². The van der Waals surface area contributed by atoms with E-state index in [1.807, 2.05) is 25.1 Å². The number of carbonyl (C=O) groups excluding carboxylic acids is 1. The molecule has 1 rings (SSSR count). The topological polar surface area (TPSA) is 38.3 Å². The second-order valence-corrected chi connectivity index (χ2v) is 4.42. The first-order valence-corrected chi connectivity index (χ1v) is 5.98. The van der Waals surface area contributed by atoms with E-state index in [0.717, 1.165) is 6.42 Å². The van der Waals surface area contributed by atoms with Crippen LogP contribution in [0, 0.1) is 5.92 Å². The Morgan fingerprint density at radius 1 is 1.29 bits per heavy atom. The van der Waals surface area contributed by atoms with Crippen molar-refractivity contribution in [3.8, 4) is 0 Å². The van der Waals surface area contributed by atoms with Crippen LogP contribution in [0.25, 0.3) is 0 Å². The molecule has 94 valence electrons. The molecule has 0 fully saturated rings. The molecule has 0 bridgehead atoms. The minimum atomic E-state index is -0.163. The quantitative estimate of drug-likeness (QED) is 0.767. The number of benzene rings is 1. The summed E-state index contributed by atoms with van der Waals surface area (Å²) in [6.45, 7) is 4.64. The van der Waals surface area contributed by atoms with Gasteiger partial charge >= 0.3 is 5.97 Å². The van der Waals surface area contributed by atoms with Crippen LogP contribution < -0.4 is 5.32 Å². The number of hydrogen-bond acceptors (Lipinski definition) is 3. The number of carbonyl (C=O) groups is 1. The van der Waals surface area contributed by atoms with Gasteiger partial charge in [0.2, 0.25) is 0 Å². The van der Waals surface area contributed by atoms with Crippen molar-refractivity contribution in [3.63, 3.8) is 0 Å². The lowest BCUT2D eigenvalue weighted by molar-refractivity contribution is -0.144. The zero-order valence-electron chi connectivity index (χ0n) is 10.8. The van der Waals surface area contributed by atoms with Gasteiger partial charge in [-0.25, -0.2) is 0 Å². The summed E-state index contributed by atoms with van der Waals surface area (Å²) >= 11 is 0. The van der Waals surface area contributed by atoms with Crippen molar-refractivity contribution in [2.75, 3.05) is 13.7 Å². The maximum Gasteiger partial charge on any atom is 0.309 e. The number of rotatable bonds is 6. The molecule has 0 aromatic heterocycles. The van der Waals surface area contributed by atoms with Gasteiger partial charge in [-0.15, -0.1) is 0 Å². The fourth-order valence-electron chi connectivity index (χ4n) is 1.70. The summed E-state index contributed by atoms with van der Waals surface area (Å²) in [4.78, 5) is 11.2. The fourth-order valence-corrected chi connectivity index (χ4v) is 1.70. The van der Waals surface area contributed by atoms with Gasteiger partial charge in [0, 0.05) is 12.6 Å². The lowest BCUT2D eigenvalue weighted by atomic mass is 10.1. The standard InChI is InChI=1S/C14H21NO2/c1-11(14(16)17-3)10-15-12(2)9-13-7-5-4-6-8-13/h4-8,11-12,15H,9-10H2,1-3H3. The smallest absolute Gasteiger partial charge is 0.309 e. The second kappa shape index (κ2) is 7.07. The zero-order valence-corrected chi connectivity index (χ0v) is 10.8. The van der Waals surface area contributed by atoms with E-state index < -0.39 is 0 Å². The number of ether oxygens (including phenoxy) is 1. The van der Waals surface area contributed by atoms with Crippen LogP contribution in [-0.4, -0.2) is 25.7 Å². The minimum absolute atomic E-state index is 0.0989. The van der Waals surface area contributed by atoms with Crippen LogP contribution in [0.2, 0.25) is 0 Å². The lowest BCUT2D eigenvalue weighted by Crippen LogP contribution is -2.34. The molecule has 0 saturated carbocycles. The highest BCUT2D eigenvalue weighted by Gasteiger charge is 2.13. The maximum atomic E-state index is 11.2. The predicted molar refractivity (Wildman–Crippen MR) is 68.8 cm³/mol. The third-order valence-corrected chi connectivity index (χ3v) is 2.76. The van der Waals surface area contributed by atoms with Crippen molar-refractivity contribution in [1.82, 2.24) is 5.32 Å². The van der Waals surface area contributed by atoms with Crippen molar-refractivity contribution in [3.05, 3.63) is 35.9 Å². The Morgan fingerprint density at radius 2 is 1.94 bits per heavy atom. The summed E-state index contributed by atoms with van der Waals surface area (Å²) in [5, 5.41) is 3.35. The van der Waals surface area contributed by atoms with Crippen molar-refractivity contribution in [2.24, 2.45) is 5.92 Å². The van der Waals surface area contributed by atoms with Crippen molar-refractivity contribution in [1.29, 1.82) is 0 Å². The molecule has 2 unspecified atom stereocenters. The Hall–Kier alpha value is -1.35. The van der Waals surface area contributed by atoms with Crippen LogP contribution in [0.15, 0.2) is 30.3 Å². The number of esters is 1. The molecule has 0 aliphatic rings. The molecule has 3 heteroatoms. The largest absolute Gasteiger partial charge is 0.469 e. The molecule has 0 saturated heterocycles. The molecule has 17 heavy (non-hydrogen) atoms. The summed E-state index contributed by atoms with van der Waals surface area (Å²) in [5.74, 6) is -0.261. The third-order valence-electron chi connectivity index (χ3n) is 2.76. The second-order valence-electron chi connectivity index (χ2n) is 4.42. The molecular formula is C14H21NO2. The van der Waals surface area contributed by atoms with Gasteiger partial charge in [-0.1, -0.05) is 37.3 Å². The van der Waals surface area contributed by atoms with E-state index in [1.165, 1.54) is 12.7 Å². The Kier molecular flexibility index (Phi) is 5.70. The Morgan fingerprint density at radius 3 is 2.53 bits per heavy atom. The molecular weight excluding hydrogens is 214 g/mol. The number of nitrogens with one attached hydrogen (secondary N) is 1. The van der Waals surface area contributed by atoms with Gasteiger partial charge in [0.05, 0.1) is 13.0 Å². The molecule has 0 spiro atoms. The lowest BCUT2D eigenvalue weighted by Gasteiger charge is -2.16. The van der Waals surface area contributed by atoms with Crippen molar-refractivity contribution >= 4 is 5.97 Å². The number of methoxy groups -OCH3 is 1. The molecule has 0 radical (unpaired) electrons. The molecule has 0 heterocycles. The number of hydrogen-bond donors (Lipinski definition) is 1. The fraction of sp³-hybridized carbons (Fsp3) is 0.500. The Balaban J connectivity index is 2.31. The van der Waals surface area contributed by atoms with Crippen LogP contribution >= 0.6 is 0 Å². The van der Waals surface area contributed by atoms with Crippen molar-refractivity contribution < 1.29 is 9.53 Å². The highest BCUT2D eigenvalue weighted by molar-refractivity contribution is 5.72. The first-order valence-electron chi connectivity index (χ1n) is 5.98. The normalized spacial score (nSPS) is 14.1. The molecule has 0 amide bonds. The maximum absolute atomic E-state index is 11.2. The monoisotopic (exact) mass is 235 g/mol. The van der Waals surface area contributed by atoms with Gasteiger partial charge in [-0.3, -0.25) is 4.79 Å². The third kappa shape index (κ3) is 5.00. The van der Waals surface area contributed by atoms with E-state index in [1.54, 1.807) is 0 Å².